The summed E-state index contributed by atoms with van der Waals surface area (Å²) in [7, 11) is 0. The molecule has 2 N–H and O–H groups in total. The van der Waals surface area contributed by atoms with Crippen molar-refractivity contribution in [2.75, 3.05) is 25.6 Å². The number of aromatic nitrogens is 1. The lowest BCUT2D eigenvalue weighted by Gasteiger charge is -2.05. The summed E-state index contributed by atoms with van der Waals surface area (Å²) in [6.07, 6.45) is 4.01. The molecule has 0 unspecified atom stereocenters. The average molecular weight is 224 g/mol. The van der Waals surface area contributed by atoms with Crippen LogP contribution in [-0.2, 0) is 16.1 Å². The SMILES string of the molecule is CCCCOCCOCc1ccc(N)nc1. The molecular weight excluding hydrogens is 204 g/mol. The molecule has 0 bridgehead atoms. The molecule has 0 saturated carbocycles. The van der Waals surface area contributed by atoms with Crippen molar-refractivity contribution < 1.29 is 9.47 Å². The van der Waals surface area contributed by atoms with E-state index >= 15 is 0 Å². The zero-order valence-corrected chi connectivity index (χ0v) is 9.82. The first-order valence-corrected chi connectivity index (χ1v) is 5.69. The highest BCUT2D eigenvalue weighted by Crippen LogP contribution is 2.02. The topological polar surface area (TPSA) is 57.4 Å². The van der Waals surface area contributed by atoms with Gasteiger partial charge in [-0.3, -0.25) is 0 Å². The molecule has 16 heavy (non-hydrogen) atoms. The predicted molar refractivity (Wildman–Crippen MR) is 64.0 cm³/mol. The molecule has 1 aromatic rings. The quantitative estimate of drug-likeness (QED) is 0.686. The Morgan fingerprint density at radius 3 is 2.69 bits per heavy atom. The molecule has 0 spiro atoms. The van der Waals surface area contributed by atoms with Crippen LogP contribution in [-0.4, -0.2) is 24.8 Å². The van der Waals surface area contributed by atoms with Crippen molar-refractivity contribution in [3.63, 3.8) is 0 Å². The largest absolute Gasteiger partial charge is 0.384 e. The molecule has 0 atom stereocenters. The first-order valence-electron chi connectivity index (χ1n) is 5.69. The Morgan fingerprint density at radius 1 is 1.19 bits per heavy atom. The number of hydrogen-bond acceptors (Lipinski definition) is 4. The fraction of sp³-hybridized carbons (Fsp3) is 0.583. The standard InChI is InChI=1S/C12H20N2O2/c1-2-3-6-15-7-8-16-10-11-4-5-12(13)14-9-11/h4-5,9H,2-3,6-8,10H2,1H3,(H2,13,14). The maximum absolute atomic E-state index is 5.48. The summed E-state index contributed by atoms with van der Waals surface area (Å²) < 4.78 is 10.8. The molecule has 1 heterocycles. The Bertz CT molecular complexity index is 275. The van der Waals surface area contributed by atoms with Crippen molar-refractivity contribution in [2.24, 2.45) is 0 Å². The van der Waals surface area contributed by atoms with Gasteiger partial charge >= 0.3 is 0 Å². The Kier molecular flexibility index (Phi) is 6.53. The number of pyridine rings is 1. The van der Waals surface area contributed by atoms with Crippen molar-refractivity contribution in [3.8, 4) is 0 Å². The first-order chi connectivity index (χ1) is 7.83. The Balaban J connectivity index is 2.01. The minimum atomic E-state index is 0.534. The molecule has 0 amide bonds. The van der Waals surface area contributed by atoms with Gasteiger partial charge in [0.05, 0.1) is 19.8 Å². The van der Waals surface area contributed by atoms with Gasteiger partial charge in [0.2, 0.25) is 0 Å². The van der Waals surface area contributed by atoms with Crippen molar-refractivity contribution >= 4 is 5.82 Å². The van der Waals surface area contributed by atoms with Gasteiger partial charge in [-0.25, -0.2) is 4.98 Å². The minimum absolute atomic E-state index is 0.534. The van der Waals surface area contributed by atoms with Crippen LogP contribution >= 0.6 is 0 Å². The molecule has 90 valence electrons. The van der Waals surface area contributed by atoms with E-state index in [1.807, 2.05) is 6.07 Å². The van der Waals surface area contributed by atoms with Gasteiger partial charge in [-0.2, -0.15) is 0 Å². The van der Waals surface area contributed by atoms with Crippen LogP contribution in [0.4, 0.5) is 5.82 Å². The van der Waals surface area contributed by atoms with Gasteiger partial charge in [-0.15, -0.1) is 0 Å². The van der Waals surface area contributed by atoms with Gasteiger partial charge in [0.1, 0.15) is 5.82 Å². The molecule has 0 fully saturated rings. The zero-order chi connectivity index (χ0) is 11.6. The highest BCUT2D eigenvalue weighted by atomic mass is 16.5. The van der Waals surface area contributed by atoms with Crippen LogP contribution in [0.3, 0.4) is 0 Å². The Morgan fingerprint density at radius 2 is 2.00 bits per heavy atom. The number of nitrogens with two attached hydrogens (primary N) is 1. The maximum atomic E-state index is 5.48. The Labute approximate surface area is 96.8 Å². The van der Waals surface area contributed by atoms with Gasteiger partial charge in [0.15, 0.2) is 0 Å². The van der Waals surface area contributed by atoms with Gasteiger partial charge in [-0.05, 0) is 18.1 Å². The van der Waals surface area contributed by atoms with Gasteiger partial charge in [-0.1, -0.05) is 19.4 Å². The minimum Gasteiger partial charge on any atom is -0.384 e. The number of nitrogens with zero attached hydrogens (tertiary/aromatic N) is 1. The van der Waals surface area contributed by atoms with E-state index in [1.54, 1.807) is 12.3 Å². The number of ether oxygens (including phenoxy) is 2. The summed E-state index contributed by atoms with van der Waals surface area (Å²) in [5.74, 6) is 0.534. The van der Waals surface area contributed by atoms with Crippen molar-refractivity contribution in [3.05, 3.63) is 23.9 Å². The summed E-state index contributed by atoms with van der Waals surface area (Å²) in [6.45, 7) is 4.80. The van der Waals surface area contributed by atoms with Crippen LogP contribution in [0, 0.1) is 0 Å². The second kappa shape index (κ2) is 8.07. The smallest absolute Gasteiger partial charge is 0.123 e. The normalized spacial score (nSPS) is 10.6. The fourth-order valence-electron chi connectivity index (χ4n) is 1.18. The van der Waals surface area contributed by atoms with E-state index < -0.39 is 0 Å². The lowest BCUT2D eigenvalue weighted by molar-refractivity contribution is 0.0396. The van der Waals surface area contributed by atoms with Crippen molar-refractivity contribution in [1.82, 2.24) is 4.98 Å². The van der Waals surface area contributed by atoms with E-state index in [-0.39, 0.29) is 0 Å². The number of unbranched alkanes of at least 4 members (excludes halogenated alkanes) is 1. The van der Waals surface area contributed by atoms with E-state index in [2.05, 4.69) is 11.9 Å². The van der Waals surface area contributed by atoms with Crippen LogP contribution in [0.5, 0.6) is 0 Å². The van der Waals surface area contributed by atoms with Crippen LogP contribution in [0.25, 0.3) is 0 Å². The highest BCUT2D eigenvalue weighted by molar-refractivity contribution is 5.28. The van der Waals surface area contributed by atoms with Crippen LogP contribution in [0.1, 0.15) is 25.3 Å². The van der Waals surface area contributed by atoms with Gasteiger partial charge in [0, 0.05) is 12.8 Å². The lowest BCUT2D eigenvalue weighted by Crippen LogP contribution is -2.05. The third-order valence-electron chi connectivity index (χ3n) is 2.13. The number of anilines is 1. The van der Waals surface area contributed by atoms with Gasteiger partial charge in [0.25, 0.3) is 0 Å². The van der Waals surface area contributed by atoms with Crippen LogP contribution < -0.4 is 5.73 Å². The monoisotopic (exact) mass is 224 g/mol. The third-order valence-corrected chi connectivity index (χ3v) is 2.13. The molecule has 0 aromatic carbocycles. The van der Waals surface area contributed by atoms with E-state index in [0.717, 1.165) is 25.0 Å². The molecule has 0 aliphatic heterocycles. The first kappa shape index (κ1) is 12.9. The summed E-state index contributed by atoms with van der Waals surface area (Å²) >= 11 is 0. The molecule has 1 aromatic heterocycles. The van der Waals surface area contributed by atoms with Crippen molar-refractivity contribution in [1.29, 1.82) is 0 Å². The number of rotatable bonds is 8. The number of hydrogen-bond donors (Lipinski definition) is 1. The maximum Gasteiger partial charge on any atom is 0.123 e. The van der Waals surface area contributed by atoms with E-state index in [4.69, 9.17) is 15.2 Å². The Hall–Kier alpha value is -1.13. The molecular formula is C12H20N2O2. The second-order valence-corrected chi connectivity index (χ2v) is 3.61. The highest BCUT2D eigenvalue weighted by Gasteiger charge is 1.94. The molecule has 0 radical (unpaired) electrons. The molecule has 4 nitrogen and oxygen atoms in total. The summed E-state index contributed by atoms with van der Waals surface area (Å²) in [5.41, 5.74) is 6.51. The summed E-state index contributed by atoms with van der Waals surface area (Å²) in [5, 5.41) is 0. The van der Waals surface area contributed by atoms with Gasteiger partial charge < -0.3 is 15.2 Å². The third kappa shape index (κ3) is 5.68. The van der Waals surface area contributed by atoms with Crippen molar-refractivity contribution in [2.45, 2.75) is 26.4 Å². The average Bonchev–Trinajstić information content (AvgIpc) is 2.30. The summed E-state index contributed by atoms with van der Waals surface area (Å²) in [4.78, 5) is 3.99. The molecule has 0 aliphatic rings. The lowest BCUT2D eigenvalue weighted by atomic mass is 10.3. The van der Waals surface area contributed by atoms with Crippen LogP contribution in [0.15, 0.2) is 18.3 Å². The molecule has 0 saturated heterocycles. The zero-order valence-electron chi connectivity index (χ0n) is 9.82. The second-order valence-electron chi connectivity index (χ2n) is 3.61. The number of nitrogen functional groups attached to an aromatic ring is 1. The molecule has 0 aliphatic carbocycles. The molecule has 4 heteroatoms. The molecule has 1 rings (SSSR count). The van der Waals surface area contributed by atoms with Crippen LogP contribution in [0.2, 0.25) is 0 Å². The van der Waals surface area contributed by atoms with E-state index in [0.29, 0.717) is 25.6 Å². The van der Waals surface area contributed by atoms with E-state index in [1.165, 1.54) is 0 Å². The predicted octanol–water partition coefficient (Wildman–Crippen LogP) is 2.00. The van der Waals surface area contributed by atoms with E-state index in [9.17, 15) is 0 Å². The fourth-order valence-corrected chi connectivity index (χ4v) is 1.18. The summed E-state index contributed by atoms with van der Waals surface area (Å²) in [6, 6.07) is 3.69.